The van der Waals surface area contributed by atoms with Crippen molar-refractivity contribution in [1.29, 1.82) is 0 Å². The molecule has 5 nitrogen and oxygen atoms in total. The molecule has 5 rings (SSSR count). The number of para-hydroxylation sites is 1. The largest absolute Gasteiger partial charge is 0.351 e. The first kappa shape index (κ1) is 22.2. The van der Waals surface area contributed by atoms with Crippen LogP contribution in [0, 0.1) is 5.92 Å². The molecule has 1 aliphatic rings. The standard InChI is InChI=1S/C29H30N4O/c34-29(31-16-19-33-17-13-23(14-18-33)20-22-8-2-1-3-9-22)25-21-28(27-12-6-7-15-30-27)32-26-11-5-4-10-24(25)26/h1-12,15,21,23H,13-14,16-20H2,(H,31,34). The van der Waals surface area contributed by atoms with Crippen LogP contribution in [0.2, 0.25) is 0 Å². The summed E-state index contributed by atoms with van der Waals surface area (Å²) in [5.41, 5.74) is 4.36. The van der Waals surface area contributed by atoms with Gasteiger partial charge in [0.05, 0.1) is 22.5 Å². The minimum absolute atomic E-state index is 0.0604. The van der Waals surface area contributed by atoms with Crippen LogP contribution < -0.4 is 5.32 Å². The van der Waals surface area contributed by atoms with E-state index < -0.39 is 0 Å². The van der Waals surface area contributed by atoms with Gasteiger partial charge >= 0.3 is 0 Å². The molecular formula is C29H30N4O. The number of likely N-dealkylation sites (tertiary alicyclic amines) is 1. The fourth-order valence-corrected chi connectivity index (χ4v) is 4.79. The minimum atomic E-state index is -0.0604. The van der Waals surface area contributed by atoms with Crippen LogP contribution in [-0.4, -0.2) is 47.0 Å². The second-order valence-electron chi connectivity index (χ2n) is 9.02. The van der Waals surface area contributed by atoms with Gasteiger partial charge in [-0.15, -0.1) is 0 Å². The summed E-state index contributed by atoms with van der Waals surface area (Å²) in [6.45, 7) is 3.70. The van der Waals surface area contributed by atoms with Gasteiger partial charge < -0.3 is 10.2 Å². The lowest BCUT2D eigenvalue weighted by molar-refractivity contribution is 0.0945. The lowest BCUT2D eigenvalue weighted by Gasteiger charge is -2.32. The predicted octanol–water partition coefficient (Wildman–Crippen LogP) is 4.98. The van der Waals surface area contributed by atoms with Gasteiger partial charge in [-0.05, 0) is 68.1 Å². The molecule has 0 bridgehead atoms. The van der Waals surface area contributed by atoms with E-state index in [0.717, 1.165) is 42.1 Å². The Bertz CT molecular complexity index is 1230. The third-order valence-corrected chi connectivity index (χ3v) is 6.68. The molecule has 2 aromatic heterocycles. The molecular weight excluding hydrogens is 420 g/mol. The smallest absolute Gasteiger partial charge is 0.252 e. The number of benzene rings is 2. The highest BCUT2D eigenvalue weighted by molar-refractivity contribution is 6.07. The second-order valence-corrected chi connectivity index (χ2v) is 9.02. The van der Waals surface area contributed by atoms with Gasteiger partial charge in [-0.25, -0.2) is 4.98 Å². The molecule has 0 saturated carbocycles. The SMILES string of the molecule is O=C(NCCN1CCC(Cc2ccccc2)CC1)c1cc(-c2ccccn2)nc2ccccc12. The van der Waals surface area contributed by atoms with Crippen molar-refractivity contribution >= 4 is 16.8 Å². The number of nitrogens with zero attached hydrogens (tertiary/aromatic N) is 3. The number of aromatic nitrogens is 2. The summed E-state index contributed by atoms with van der Waals surface area (Å²) in [7, 11) is 0. The van der Waals surface area contributed by atoms with E-state index in [9.17, 15) is 4.79 Å². The van der Waals surface area contributed by atoms with E-state index in [1.165, 1.54) is 24.8 Å². The Morgan fingerprint density at radius 1 is 0.912 bits per heavy atom. The number of carbonyl (C=O) groups excluding carboxylic acids is 1. The van der Waals surface area contributed by atoms with Crippen LogP contribution in [0.15, 0.2) is 85.1 Å². The topological polar surface area (TPSA) is 58.1 Å². The Kier molecular flexibility index (Phi) is 6.91. The Hall–Kier alpha value is -3.57. The van der Waals surface area contributed by atoms with E-state index in [1.807, 2.05) is 48.5 Å². The number of piperidine rings is 1. The van der Waals surface area contributed by atoms with Crippen molar-refractivity contribution in [3.05, 3.63) is 96.2 Å². The maximum Gasteiger partial charge on any atom is 0.252 e. The third kappa shape index (κ3) is 5.32. The first-order chi connectivity index (χ1) is 16.8. The number of nitrogens with one attached hydrogen (secondary N) is 1. The zero-order chi connectivity index (χ0) is 23.2. The molecule has 4 aromatic rings. The van der Waals surface area contributed by atoms with E-state index in [-0.39, 0.29) is 5.91 Å². The molecule has 3 heterocycles. The molecule has 1 fully saturated rings. The van der Waals surface area contributed by atoms with E-state index in [0.29, 0.717) is 17.8 Å². The highest BCUT2D eigenvalue weighted by atomic mass is 16.1. The first-order valence-corrected chi connectivity index (χ1v) is 12.1. The molecule has 1 amide bonds. The lowest BCUT2D eigenvalue weighted by Crippen LogP contribution is -2.40. The molecule has 34 heavy (non-hydrogen) atoms. The van der Waals surface area contributed by atoms with Gasteiger partial charge in [0.25, 0.3) is 5.91 Å². The molecule has 2 aromatic carbocycles. The van der Waals surface area contributed by atoms with Crippen molar-refractivity contribution < 1.29 is 4.79 Å². The molecule has 1 N–H and O–H groups in total. The Morgan fingerprint density at radius 3 is 2.47 bits per heavy atom. The van der Waals surface area contributed by atoms with E-state index in [4.69, 9.17) is 4.98 Å². The summed E-state index contributed by atoms with van der Waals surface area (Å²) < 4.78 is 0. The highest BCUT2D eigenvalue weighted by Crippen LogP contribution is 2.24. The van der Waals surface area contributed by atoms with Crippen molar-refractivity contribution in [2.75, 3.05) is 26.2 Å². The van der Waals surface area contributed by atoms with Gasteiger partial charge in [-0.1, -0.05) is 54.6 Å². The number of hydrogen-bond acceptors (Lipinski definition) is 4. The van der Waals surface area contributed by atoms with Crippen LogP contribution in [0.3, 0.4) is 0 Å². The maximum atomic E-state index is 13.2. The summed E-state index contributed by atoms with van der Waals surface area (Å²) >= 11 is 0. The van der Waals surface area contributed by atoms with Crippen LogP contribution >= 0.6 is 0 Å². The number of rotatable bonds is 7. The number of amides is 1. The van der Waals surface area contributed by atoms with Crippen molar-refractivity contribution in [3.63, 3.8) is 0 Å². The van der Waals surface area contributed by atoms with Crippen LogP contribution in [0.1, 0.15) is 28.8 Å². The van der Waals surface area contributed by atoms with Gasteiger partial charge in [-0.2, -0.15) is 0 Å². The minimum Gasteiger partial charge on any atom is -0.351 e. The van der Waals surface area contributed by atoms with Gasteiger partial charge in [-0.3, -0.25) is 9.78 Å². The Morgan fingerprint density at radius 2 is 1.68 bits per heavy atom. The Balaban J connectivity index is 1.19. The average molecular weight is 451 g/mol. The van der Waals surface area contributed by atoms with Crippen molar-refractivity contribution in [3.8, 4) is 11.4 Å². The molecule has 0 atom stereocenters. The van der Waals surface area contributed by atoms with Gasteiger partial charge in [0, 0.05) is 24.7 Å². The zero-order valence-corrected chi connectivity index (χ0v) is 19.4. The maximum absolute atomic E-state index is 13.2. The summed E-state index contributed by atoms with van der Waals surface area (Å²) in [6, 6.07) is 26.1. The molecule has 172 valence electrons. The predicted molar refractivity (Wildman–Crippen MR) is 137 cm³/mol. The highest BCUT2D eigenvalue weighted by Gasteiger charge is 2.20. The third-order valence-electron chi connectivity index (χ3n) is 6.68. The lowest BCUT2D eigenvalue weighted by atomic mass is 9.90. The van der Waals surface area contributed by atoms with Crippen LogP contribution in [0.5, 0.6) is 0 Å². The van der Waals surface area contributed by atoms with Gasteiger partial charge in [0.15, 0.2) is 0 Å². The molecule has 1 aliphatic heterocycles. The first-order valence-electron chi connectivity index (χ1n) is 12.1. The van der Waals surface area contributed by atoms with Crippen LogP contribution in [0.25, 0.3) is 22.3 Å². The number of carbonyl (C=O) groups is 1. The zero-order valence-electron chi connectivity index (χ0n) is 19.4. The van der Waals surface area contributed by atoms with Crippen LogP contribution in [-0.2, 0) is 6.42 Å². The van der Waals surface area contributed by atoms with E-state index >= 15 is 0 Å². The molecule has 0 unspecified atom stereocenters. The molecule has 5 heteroatoms. The summed E-state index contributed by atoms with van der Waals surface area (Å²) in [4.78, 5) is 24.8. The average Bonchev–Trinajstić information content (AvgIpc) is 2.90. The quantitative estimate of drug-likeness (QED) is 0.431. The molecule has 0 radical (unpaired) electrons. The van der Waals surface area contributed by atoms with Crippen molar-refractivity contribution in [2.24, 2.45) is 5.92 Å². The summed E-state index contributed by atoms with van der Waals surface area (Å²) in [5.74, 6) is 0.691. The molecule has 0 aliphatic carbocycles. The van der Waals surface area contributed by atoms with E-state index in [1.54, 1.807) is 6.20 Å². The fourth-order valence-electron chi connectivity index (χ4n) is 4.79. The summed E-state index contributed by atoms with van der Waals surface area (Å²) in [6.07, 6.45) is 5.34. The Labute approximate surface area is 200 Å². The number of fused-ring (bicyclic) bond motifs is 1. The van der Waals surface area contributed by atoms with Crippen LogP contribution in [0.4, 0.5) is 0 Å². The van der Waals surface area contributed by atoms with E-state index in [2.05, 4.69) is 45.5 Å². The van der Waals surface area contributed by atoms with Gasteiger partial charge in [0.2, 0.25) is 0 Å². The number of pyridine rings is 2. The normalized spacial score (nSPS) is 14.8. The molecule has 0 spiro atoms. The van der Waals surface area contributed by atoms with Crippen molar-refractivity contribution in [1.82, 2.24) is 20.2 Å². The monoisotopic (exact) mass is 450 g/mol. The number of hydrogen-bond donors (Lipinski definition) is 1. The molecule has 1 saturated heterocycles. The van der Waals surface area contributed by atoms with Crippen molar-refractivity contribution in [2.45, 2.75) is 19.3 Å². The summed E-state index contributed by atoms with van der Waals surface area (Å²) in [5, 5.41) is 4.00. The second kappa shape index (κ2) is 10.6. The fraction of sp³-hybridized carbons (Fsp3) is 0.276. The van der Waals surface area contributed by atoms with Gasteiger partial charge in [0.1, 0.15) is 0 Å².